The topological polar surface area (TPSA) is 33.1 Å². The van der Waals surface area contributed by atoms with Crippen molar-refractivity contribution in [2.45, 2.75) is 64.5 Å². The van der Waals surface area contributed by atoms with E-state index in [2.05, 4.69) is 46.8 Å². The highest BCUT2D eigenvalue weighted by Gasteiger charge is 2.22. The summed E-state index contributed by atoms with van der Waals surface area (Å²) in [4.78, 5) is 7.67. The van der Waals surface area contributed by atoms with E-state index in [1.807, 2.05) is 0 Å². The smallest absolute Gasteiger partial charge is 0.111 e. The fourth-order valence-corrected chi connectivity index (χ4v) is 4.65. The standard InChI is InChI=1S/C21H32N4/c1-3-5-16(2)24-11-9-21-23-19-14-17(18-6-4-10-22-15-18)7-8-20(19)25(21)13-12-24/h7-8,14,16,18,22H,3-6,9-13,15H2,1-2H3. The van der Waals surface area contributed by atoms with E-state index in [-0.39, 0.29) is 0 Å². The van der Waals surface area contributed by atoms with E-state index in [9.17, 15) is 0 Å². The van der Waals surface area contributed by atoms with Crippen LogP contribution in [0, 0.1) is 0 Å². The van der Waals surface area contributed by atoms with Crippen LogP contribution in [-0.2, 0) is 13.0 Å². The van der Waals surface area contributed by atoms with Crippen molar-refractivity contribution >= 4 is 11.0 Å². The van der Waals surface area contributed by atoms with Gasteiger partial charge in [-0.2, -0.15) is 0 Å². The molecule has 0 bridgehead atoms. The molecule has 136 valence electrons. The molecule has 1 aromatic heterocycles. The minimum Gasteiger partial charge on any atom is -0.327 e. The molecule has 2 aliphatic heterocycles. The number of hydrogen-bond acceptors (Lipinski definition) is 3. The number of nitrogens with zero attached hydrogens (tertiary/aromatic N) is 3. The number of imidazole rings is 1. The number of rotatable bonds is 4. The molecule has 2 aliphatic rings. The minimum atomic E-state index is 0.657. The number of fused-ring (bicyclic) bond motifs is 3. The van der Waals surface area contributed by atoms with Crippen molar-refractivity contribution < 1.29 is 0 Å². The van der Waals surface area contributed by atoms with Crippen LogP contribution in [0.2, 0.25) is 0 Å². The van der Waals surface area contributed by atoms with Crippen LogP contribution in [0.25, 0.3) is 11.0 Å². The molecule has 0 radical (unpaired) electrons. The first-order chi connectivity index (χ1) is 12.3. The lowest BCUT2D eigenvalue weighted by atomic mass is 9.91. The number of benzene rings is 1. The Hall–Kier alpha value is -1.39. The van der Waals surface area contributed by atoms with Gasteiger partial charge < -0.3 is 9.88 Å². The highest BCUT2D eigenvalue weighted by molar-refractivity contribution is 5.77. The Balaban J connectivity index is 1.55. The predicted octanol–water partition coefficient (Wildman–Crippen LogP) is 3.55. The summed E-state index contributed by atoms with van der Waals surface area (Å²) in [5.74, 6) is 1.94. The van der Waals surface area contributed by atoms with Crippen molar-refractivity contribution in [3.8, 4) is 0 Å². The second-order valence-corrected chi connectivity index (χ2v) is 7.89. The summed E-state index contributed by atoms with van der Waals surface area (Å²) < 4.78 is 2.47. The molecule has 1 N–H and O–H groups in total. The third-order valence-corrected chi connectivity index (χ3v) is 6.18. The zero-order valence-corrected chi connectivity index (χ0v) is 15.8. The SMILES string of the molecule is CCCC(C)N1CCc2nc3cc(C4CCCNC4)ccc3n2CC1. The van der Waals surface area contributed by atoms with Gasteiger partial charge in [0.15, 0.2) is 0 Å². The van der Waals surface area contributed by atoms with Crippen molar-refractivity contribution in [1.82, 2.24) is 19.8 Å². The monoisotopic (exact) mass is 340 g/mol. The van der Waals surface area contributed by atoms with Crippen molar-refractivity contribution in [2.75, 3.05) is 26.2 Å². The maximum absolute atomic E-state index is 5.02. The van der Waals surface area contributed by atoms with E-state index in [0.717, 1.165) is 32.6 Å². The van der Waals surface area contributed by atoms with E-state index in [1.54, 1.807) is 0 Å². The molecular formula is C21H32N4. The normalized spacial score (nSPS) is 23.4. The summed E-state index contributed by atoms with van der Waals surface area (Å²) in [7, 11) is 0. The fourth-order valence-electron chi connectivity index (χ4n) is 4.65. The molecule has 0 aliphatic carbocycles. The first-order valence-electron chi connectivity index (χ1n) is 10.2. The lowest BCUT2D eigenvalue weighted by Gasteiger charge is -2.27. The fraction of sp³-hybridized carbons (Fsp3) is 0.667. The van der Waals surface area contributed by atoms with Crippen LogP contribution in [0.4, 0.5) is 0 Å². The van der Waals surface area contributed by atoms with Gasteiger partial charge in [0.2, 0.25) is 0 Å². The van der Waals surface area contributed by atoms with Crippen LogP contribution in [0.5, 0.6) is 0 Å². The van der Waals surface area contributed by atoms with Crippen LogP contribution >= 0.6 is 0 Å². The average Bonchev–Trinajstić information content (AvgIpc) is 2.85. The zero-order chi connectivity index (χ0) is 17.2. The van der Waals surface area contributed by atoms with Gasteiger partial charge >= 0.3 is 0 Å². The van der Waals surface area contributed by atoms with Crippen LogP contribution < -0.4 is 5.32 Å². The van der Waals surface area contributed by atoms with Gasteiger partial charge in [-0.25, -0.2) is 4.98 Å². The quantitative estimate of drug-likeness (QED) is 0.924. The van der Waals surface area contributed by atoms with Gasteiger partial charge in [0.1, 0.15) is 5.82 Å². The van der Waals surface area contributed by atoms with Crippen molar-refractivity contribution in [1.29, 1.82) is 0 Å². The van der Waals surface area contributed by atoms with E-state index in [1.165, 1.54) is 54.6 Å². The summed E-state index contributed by atoms with van der Waals surface area (Å²) in [5.41, 5.74) is 3.99. The second-order valence-electron chi connectivity index (χ2n) is 7.89. The largest absolute Gasteiger partial charge is 0.327 e. The Kier molecular flexibility index (Phi) is 5.09. The molecule has 0 spiro atoms. The number of aromatic nitrogens is 2. The molecule has 1 saturated heterocycles. The molecular weight excluding hydrogens is 308 g/mol. The summed E-state index contributed by atoms with van der Waals surface area (Å²) in [6.07, 6.45) is 6.22. The van der Waals surface area contributed by atoms with Crippen molar-refractivity contribution in [3.05, 3.63) is 29.6 Å². The maximum atomic E-state index is 5.02. The lowest BCUT2D eigenvalue weighted by Crippen LogP contribution is -2.35. The van der Waals surface area contributed by atoms with Gasteiger partial charge in [-0.15, -0.1) is 0 Å². The van der Waals surface area contributed by atoms with Crippen molar-refractivity contribution in [3.63, 3.8) is 0 Å². The zero-order valence-electron chi connectivity index (χ0n) is 15.8. The van der Waals surface area contributed by atoms with Crippen LogP contribution in [0.3, 0.4) is 0 Å². The third-order valence-electron chi connectivity index (χ3n) is 6.18. The molecule has 2 atom stereocenters. The summed E-state index contributed by atoms with van der Waals surface area (Å²) in [5, 5.41) is 3.53. The van der Waals surface area contributed by atoms with Gasteiger partial charge in [-0.1, -0.05) is 19.4 Å². The summed E-state index contributed by atoms with van der Waals surface area (Å²) in [6, 6.07) is 7.70. The number of piperidine rings is 1. The molecule has 0 saturated carbocycles. The molecule has 4 rings (SSSR count). The van der Waals surface area contributed by atoms with Gasteiger partial charge in [-0.05, 0) is 56.3 Å². The van der Waals surface area contributed by atoms with Gasteiger partial charge in [0.25, 0.3) is 0 Å². The van der Waals surface area contributed by atoms with Crippen LogP contribution in [0.1, 0.15) is 56.8 Å². The second kappa shape index (κ2) is 7.46. The highest BCUT2D eigenvalue weighted by Crippen LogP contribution is 2.28. The first kappa shape index (κ1) is 17.0. The van der Waals surface area contributed by atoms with Crippen LogP contribution in [-0.4, -0.2) is 46.7 Å². The van der Waals surface area contributed by atoms with Crippen LogP contribution in [0.15, 0.2) is 18.2 Å². The molecule has 4 nitrogen and oxygen atoms in total. The molecule has 1 aromatic carbocycles. The van der Waals surface area contributed by atoms with Crippen molar-refractivity contribution in [2.24, 2.45) is 0 Å². The summed E-state index contributed by atoms with van der Waals surface area (Å²) in [6.45, 7) is 10.3. The maximum Gasteiger partial charge on any atom is 0.111 e. The Morgan fingerprint density at radius 1 is 1.28 bits per heavy atom. The molecule has 25 heavy (non-hydrogen) atoms. The third kappa shape index (κ3) is 3.47. The highest BCUT2D eigenvalue weighted by atomic mass is 15.2. The first-order valence-corrected chi connectivity index (χ1v) is 10.2. The Morgan fingerprint density at radius 3 is 3.00 bits per heavy atom. The Morgan fingerprint density at radius 2 is 2.20 bits per heavy atom. The molecule has 2 aromatic rings. The Labute approximate surface area is 151 Å². The lowest BCUT2D eigenvalue weighted by molar-refractivity contribution is 0.203. The van der Waals surface area contributed by atoms with E-state index in [0.29, 0.717) is 12.0 Å². The summed E-state index contributed by atoms with van der Waals surface area (Å²) >= 11 is 0. The van der Waals surface area contributed by atoms with E-state index >= 15 is 0 Å². The van der Waals surface area contributed by atoms with Gasteiger partial charge in [0.05, 0.1) is 11.0 Å². The number of nitrogens with one attached hydrogen (secondary N) is 1. The predicted molar refractivity (Wildman–Crippen MR) is 104 cm³/mol. The van der Waals surface area contributed by atoms with Gasteiger partial charge in [0, 0.05) is 38.6 Å². The number of hydrogen-bond donors (Lipinski definition) is 1. The van der Waals surface area contributed by atoms with Gasteiger partial charge in [-0.3, -0.25) is 4.90 Å². The minimum absolute atomic E-state index is 0.657. The molecule has 3 heterocycles. The molecule has 4 heteroatoms. The molecule has 2 unspecified atom stereocenters. The molecule has 1 fully saturated rings. The van der Waals surface area contributed by atoms with E-state index < -0.39 is 0 Å². The molecule has 0 amide bonds. The Bertz CT molecular complexity index is 714. The average molecular weight is 341 g/mol. The van der Waals surface area contributed by atoms with E-state index in [4.69, 9.17) is 4.98 Å².